The van der Waals surface area contributed by atoms with Gasteiger partial charge in [-0.05, 0) is 13.0 Å². The van der Waals surface area contributed by atoms with Crippen molar-refractivity contribution >= 4 is 23.2 Å². The Morgan fingerprint density at radius 1 is 1.55 bits per heavy atom. The zero-order valence-corrected chi connectivity index (χ0v) is 7.78. The van der Waals surface area contributed by atoms with E-state index in [1.54, 1.807) is 0 Å². The van der Waals surface area contributed by atoms with Gasteiger partial charge in [-0.15, -0.1) is 23.2 Å². The van der Waals surface area contributed by atoms with Gasteiger partial charge in [-0.1, -0.05) is 0 Å². The molecule has 66 valence electrons. The zero-order valence-electron chi connectivity index (χ0n) is 6.26. The predicted molar refractivity (Wildman–Crippen MR) is 47.7 cm³/mol. The molecule has 1 saturated heterocycles. The van der Waals surface area contributed by atoms with Crippen molar-refractivity contribution in [1.29, 1.82) is 0 Å². The minimum atomic E-state index is -0.130. The smallest absolute Gasteiger partial charge is 0.116 e. The van der Waals surface area contributed by atoms with E-state index in [1.807, 2.05) is 0 Å². The normalized spacial score (nSPS) is 33.0. The Kier molecular flexibility index (Phi) is 3.89. The topological polar surface area (TPSA) is 41.3 Å². The summed E-state index contributed by atoms with van der Waals surface area (Å²) in [6.07, 6.45) is 0.967. The molecule has 5 heteroatoms. The summed E-state index contributed by atoms with van der Waals surface area (Å²) in [7, 11) is 0. The first kappa shape index (κ1) is 9.55. The number of hydrogen-bond acceptors (Lipinski definition) is 3. The van der Waals surface area contributed by atoms with E-state index in [4.69, 9.17) is 28.9 Å². The predicted octanol–water partition coefficient (Wildman–Crippen LogP) is 0.328. The largest absolute Gasteiger partial charge is 0.330 e. The first-order chi connectivity index (χ1) is 5.25. The van der Waals surface area contributed by atoms with E-state index in [0.29, 0.717) is 6.54 Å². The molecule has 0 radical (unpaired) electrons. The van der Waals surface area contributed by atoms with Gasteiger partial charge in [0.15, 0.2) is 0 Å². The van der Waals surface area contributed by atoms with Crippen LogP contribution in [0, 0.1) is 0 Å². The molecule has 3 N–H and O–H groups in total. The van der Waals surface area contributed by atoms with E-state index in [9.17, 15) is 0 Å². The van der Waals surface area contributed by atoms with Gasteiger partial charge in [0.25, 0.3) is 0 Å². The van der Waals surface area contributed by atoms with Crippen molar-refractivity contribution in [1.82, 2.24) is 10.2 Å². The van der Waals surface area contributed by atoms with Crippen LogP contribution < -0.4 is 11.1 Å². The van der Waals surface area contributed by atoms with Gasteiger partial charge in [-0.2, -0.15) is 0 Å². The van der Waals surface area contributed by atoms with Crippen LogP contribution in [0.1, 0.15) is 6.42 Å². The highest BCUT2D eigenvalue weighted by atomic mass is 35.5. The molecule has 2 unspecified atom stereocenters. The Labute approximate surface area is 76.8 Å². The molecule has 2 atom stereocenters. The molecule has 0 saturated carbocycles. The quantitative estimate of drug-likeness (QED) is 0.507. The fraction of sp³-hybridized carbons (Fsp3) is 1.00. The summed E-state index contributed by atoms with van der Waals surface area (Å²) >= 11 is 11.8. The summed E-state index contributed by atoms with van der Waals surface area (Å²) in [6.45, 7) is 2.39. The van der Waals surface area contributed by atoms with Crippen molar-refractivity contribution in [3.63, 3.8) is 0 Å². The summed E-state index contributed by atoms with van der Waals surface area (Å²) in [5, 5.41) is 3.05. The molecule has 3 nitrogen and oxygen atoms in total. The number of alkyl halides is 2. The molecule has 11 heavy (non-hydrogen) atoms. The number of halogens is 2. The standard InChI is InChI=1S/C6H13Cl2N3/c7-5-6(8)11(4-10-5)3-1-2-9/h5-6,10H,1-4,9H2. The Morgan fingerprint density at radius 2 is 2.27 bits per heavy atom. The average Bonchev–Trinajstić information content (AvgIpc) is 2.31. The molecule has 1 aliphatic rings. The Hall–Kier alpha value is 0.460. The van der Waals surface area contributed by atoms with E-state index in [0.717, 1.165) is 19.6 Å². The molecule has 1 rings (SSSR count). The van der Waals surface area contributed by atoms with Gasteiger partial charge in [0.05, 0.1) is 6.67 Å². The average molecular weight is 198 g/mol. The highest BCUT2D eigenvalue weighted by molar-refractivity contribution is 6.29. The molecule has 0 aromatic rings. The van der Waals surface area contributed by atoms with Crippen LogP contribution in [0.2, 0.25) is 0 Å². The highest BCUT2D eigenvalue weighted by Crippen LogP contribution is 2.17. The molecule has 0 aromatic heterocycles. The number of hydrogen-bond donors (Lipinski definition) is 2. The van der Waals surface area contributed by atoms with Gasteiger partial charge < -0.3 is 5.73 Å². The van der Waals surface area contributed by atoms with Crippen molar-refractivity contribution < 1.29 is 0 Å². The lowest BCUT2D eigenvalue weighted by molar-refractivity contribution is 0.307. The van der Waals surface area contributed by atoms with Gasteiger partial charge in [0, 0.05) is 6.54 Å². The Bertz CT molecular complexity index is 122. The van der Waals surface area contributed by atoms with Gasteiger partial charge >= 0.3 is 0 Å². The van der Waals surface area contributed by atoms with Crippen LogP contribution in [0.25, 0.3) is 0 Å². The summed E-state index contributed by atoms with van der Waals surface area (Å²) in [4.78, 5) is 2.08. The number of nitrogens with zero attached hydrogens (tertiary/aromatic N) is 1. The van der Waals surface area contributed by atoms with Crippen LogP contribution in [-0.4, -0.2) is 35.7 Å². The van der Waals surface area contributed by atoms with E-state index < -0.39 is 0 Å². The number of nitrogens with two attached hydrogens (primary N) is 1. The molecule has 1 heterocycles. The molecule has 0 bridgehead atoms. The first-order valence-electron chi connectivity index (χ1n) is 3.71. The van der Waals surface area contributed by atoms with Crippen molar-refractivity contribution in [2.75, 3.05) is 19.8 Å². The highest BCUT2D eigenvalue weighted by Gasteiger charge is 2.29. The van der Waals surface area contributed by atoms with Crippen molar-refractivity contribution in [2.24, 2.45) is 5.73 Å². The van der Waals surface area contributed by atoms with E-state index in [2.05, 4.69) is 10.2 Å². The first-order valence-corrected chi connectivity index (χ1v) is 4.58. The van der Waals surface area contributed by atoms with Crippen molar-refractivity contribution in [2.45, 2.75) is 17.4 Å². The maximum Gasteiger partial charge on any atom is 0.116 e. The van der Waals surface area contributed by atoms with Crippen LogP contribution in [0.4, 0.5) is 0 Å². The molecule has 1 aliphatic heterocycles. The minimum Gasteiger partial charge on any atom is -0.330 e. The summed E-state index contributed by atoms with van der Waals surface area (Å²) < 4.78 is 0. The Morgan fingerprint density at radius 3 is 2.73 bits per heavy atom. The molecular formula is C6H13Cl2N3. The third-order valence-corrected chi connectivity index (χ3v) is 2.78. The minimum absolute atomic E-state index is 0.0942. The third-order valence-electron chi connectivity index (χ3n) is 1.73. The number of rotatable bonds is 3. The fourth-order valence-electron chi connectivity index (χ4n) is 1.07. The molecule has 0 aromatic carbocycles. The van der Waals surface area contributed by atoms with Crippen LogP contribution in [0.3, 0.4) is 0 Å². The number of nitrogens with one attached hydrogen (secondary N) is 1. The lowest BCUT2D eigenvalue weighted by Gasteiger charge is -2.17. The van der Waals surface area contributed by atoms with Gasteiger partial charge in [-0.3, -0.25) is 10.2 Å². The van der Waals surface area contributed by atoms with Gasteiger partial charge in [0.2, 0.25) is 0 Å². The van der Waals surface area contributed by atoms with E-state index in [1.165, 1.54) is 0 Å². The molecule has 1 fully saturated rings. The second-order valence-corrected chi connectivity index (χ2v) is 3.51. The Balaban J connectivity index is 2.24. The van der Waals surface area contributed by atoms with E-state index in [-0.39, 0.29) is 11.0 Å². The molecule has 0 spiro atoms. The fourth-order valence-corrected chi connectivity index (χ4v) is 1.55. The maximum atomic E-state index is 5.96. The molecular weight excluding hydrogens is 185 g/mol. The summed E-state index contributed by atoms with van der Waals surface area (Å²) in [5.41, 5.74) is 5.14. The maximum absolute atomic E-state index is 5.96. The zero-order chi connectivity index (χ0) is 8.27. The van der Waals surface area contributed by atoms with Gasteiger partial charge in [0.1, 0.15) is 11.0 Å². The summed E-state index contributed by atoms with van der Waals surface area (Å²) in [5.74, 6) is 0. The second-order valence-electron chi connectivity index (χ2n) is 2.59. The van der Waals surface area contributed by atoms with Crippen LogP contribution in [0.15, 0.2) is 0 Å². The lowest BCUT2D eigenvalue weighted by atomic mass is 10.4. The molecule has 0 amide bonds. The monoisotopic (exact) mass is 197 g/mol. The van der Waals surface area contributed by atoms with Crippen LogP contribution >= 0.6 is 23.2 Å². The second kappa shape index (κ2) is 4.48. The van der Waals surface area contributed by atoms with Crippen LogP contribution in [-0.2, 0) is 0 Å². The van der Waals surface area contributed by atoms with Crippen molar-refractivity contribution in [3.8, 4) is 0 Å². The van der Waals surface area contributed by atoms with Crippen LogP contribution in [0.5, 0.6) is 0 Å². The summed E-state index contributed by atoms with van der Waals surface area (Å²) in [6, 6.07) is 0. The van der Waals surface area contributed by atoms with Gasteiger partial charge in [-0.25, -0.2) is 0 Å². The third kappa shape index (κ3) is 2.46. The van der Waals surface area contributed by atoms with Crippen molar-refractivity contribution in [3.05, 3.63) is 0 Å². The molecule has 0 aliphatic carbocycles. The SMILES string of the molecule is NCCCN1CNC(Cl)C1Cl. The van der Waals surface area contributed by atoms with E-state index >= 15 is 0 Å². The lowest BCUT2D eigenvalue weighted by Crippen LogP contribution is -2.30.